The Labute approximate surface area is 347 Å². The lowest BCUT2D eigenvalue weighted by Crippen LogP contribution is -2.43. The zero-order valence-electron chi connectivity index (χ0n) is 32.8. The highest BCUT2D eigenvalue weighted by atomic mass is 79.9. The minimum atomic E-state index is -0.803. The zero-order valence-corrected chi connectivity index (χ0v) is 34.4. The van der Waals surface area contributed by atoms with Gasteiger partial charge < -0.3 is 40.0 Å². The number of aliphatic hydroxyl groups is 1. The number of hydroxylamine groups is 1. The maximum absolute atomic E-state index is 15.1. The van der Waals surface area contributed by atoms with E-state index in [2.05, 4.69) is 67.8 Å². The number of anilines is 5. The van der Waals surface area contributed by atoms with E-state index < -0.39 is 17.5 Å². The minimum Gasteiger partial charge on any atom is -0.394 e. The molecule has 0 bridgehead atoms. The zero-order chi connectivity index (χ0) is 41.6. The predicted octanol–water partition coefficient (Wildman–Crippen LogP) is 5.81. The highest BCUT2D eigenvalue weighted by Crippen LogP contribution is 2.35. The number of benzene rings is 2. The van der Waals surface area contributed by atoms with Gasteiger partial charge in [0.05, 0.1) is 53.9 Å². The largest absolute Gasteiger partial charge is 0.394 e. The topological polar surface area (TPSA) is 180 Å². The van der Waals surface area contributed by atoms with Crippen LogP contribution in [0.4, 0.5) is 37.6 Å². The van der Waals surface area contributed by atoms with Crippen LogP contribution in [-0.4, -0.2) is 104 Å². The summed E-state index contributed by atoms with van der Waals surface area (Å²) in [4.78, 5) is 51.9. The third-order valence-electron chi connectivity index (χ3n) is 10.1. The van der Waals surface area contributed by atoms with Crippen molar-refractivity contribution in [2.24, 2.45) is 7.05 Å². The summed E-state index contributed by atoms with van der Waals surface area (Å²) < 4.78 is 33.4. The van der Waals surface area contributed by atoms with Crippen molar-refractivity contribution in [3.05, 3.63) is 88.6 Å². The molecule has 2 amide bonds. The molecular formula is C40H45BrF2N12O4. The molecule has 4 aromatic heterocycles. The molecule has 59 heavy (non-hydrogen) atoms. The Kier molecular flexibility index (Phi) is 12.9. The smallest absolute Gasteiger partial charge is 0.277 e. The van der Waals surface area contributed by atoms with Crippen molar-refractivity contribution in [2.75, 3.05) is 69.0 Å². The first-order valence-electron chi connectivity index (χ1n) is 19.2. The molecule has 0 unspecified atom stereocenters. The average molecular weight is 876 g/mol. The van der Waals surface area contributed by atoms with E-state index in [9.17, 15) is 14.0 Å². The van der Waals surface area contributed by atoms with Crippen molar-refractivity contribution in [2.45, 2.75) is 31.7 Å². The van der Waals surface area contributed by atoms with Gasteiger partial charge in [-0.2, -0.15) is 4.98 Å². The minimum absolute atomic E-state index is 0.00502. The molecule has 0 atom stereocenters. The van der Waals surface area contributed by atoms with Crippen molar-refractivity contribution >= 4 is 78.6 Å². The number of hydrogen-bond acceptors (Lipinski definition) is 12. The molecule has 2 aliphatic rings. The van der Waals surface area contributed by atoms with Crippen LogP contribution in [0.3, 0.4) is 0 Å². The molecular weight excluding hydrogens is 830 g/mol. The fourth-order valence-electron chi connectivity index (χ4n) is 7.15. The summed E-state index contributed by atoms with van der Waals surface area (Å²) in [5.41, 5.74) is 4.77. The van der Waals surface area contributed by atoms with Crippen molar-refractivity contribution in [1.29, 1.82) is 0 Å². The van der Waals surface area contributed by atoms with Crippen LogP contribution >= 0.6 is 15.9 Å². The van der Waals surface area contributed by atoms with E-state index in [-0.39, 0.29) is 41.6 Å². The Balaban J connectivity index is 0.000000182. The number of hydrogen-bond donors (Lipinski definition) is 5. The number of pyridine rings is 1. The first-order chi connectivity index (χ1) is 28.5. The van der Waals surface area contributed by atoms with E-state index >= 15 is 4.39 Å². The lowest BCUT2D eigenvalue weighted by atomic mass is 10.1. The van der Waals surface area contributed by atoms with Crippen molar-refractivity contribution in [1.82, 2.24) is 44.8 Å². The molecule has 19 heteroatoms. The number of amides is 2. The summed E-state index contributed by atoms with van der Waals surface area (Å²) in [5, 5.41) is 18.8. The second-order valence-corrected chi connectivity index (χ2v) is 15.3. The molecule has 1 saturated carbocycles. The third-order valence-corrected chi connectivity index (χ3v) is 10.6. The van der Waals surface area contributed by atoms with E-state index in [1.54, 1.807) is 42.9 Å². The third kappa shape index (κ3) is 9.27. The molecule has 1 aliphatic carbocycles. The molecule has 16 nitrogen and oxygen atoms in total. The molecule has 2 fully saturated rings. The van der Waals surface area contributed by atoms with Crippen LogP contribution < -0.4 is 26.3 Å². The maximum atomic E-state index is 15.1. The monoisotopic (exact) mass is 874 g/mol. The molecule has 310 valence electrons. The molecule has 8 rings (SSSR count). The van der Waals surface area contributed by atoms with Gasteiger partial charge in [0.1, 0.15) is 28.5 Å². The molecule has 0 spiro atoms. The number of nitrogens with one attached hydrogen (secondary N) is 4. The van der Waals surface area contributed by atoms with E-state index in [1.807, 2.05) is 18.3 Å². The van der Waals surface area contributed by atoms with Gasteiger partial charge in [0.2, 0.25) is 5.95 Å². The molecule has 0 radical (unpaired) electrons. The maximum Gasteiger partial charge on any atom is 0.277 e. The molecule has 6 aromatic rings. The van der Waals surface area contributed by atoms with Crippen molar-refractivity contribution in [3.63, 3.8) is 0 Å². The summed E-state index contributed by atoms with van der Waals surface area (Å²) in [6, 6.07) is 11.9. The predicted molar refractivity (Wildman–Crippen MR) is 224 cm³/mol. The summed E-state index contributed by atoms with van der Waals surface area (Å²) >= 11 is 3.15. The lowest BCUT2D eigenvalue weighted by molar-refractivity contribution is 0.0169. The summed E-state index contributed by atoms with van der Waals surface area (Å²) in [6.45, 7) is 3.53. The number of nitrogens with zero attached hydrogens (tertiary/aromatic N) is 8. The SMILES string of the molecule is CN(C)C(=O)c1cc2cnc(Nc3ccc(N4CCNCC4)cn3)nc2n1C1CCCC1.Cn1cnc2c(F)c(Nc3ccc(Br)cc3F)c(C(=O)NOCCO)cc21. The number of carbonyl (C=O) groups excluding carboxylic acids is 2. The molecule has 5 heterocycles. The Hall–Kier alpha value is -5.76. The van der Waals surface area contributed by atoms with Crippen LogP contribution in [0.25, 0.3) is 22.1 Å². The van der Waals surface area contributed by atoms with E-state index in [1.165, 1.54) is 37.4 Å². The molecule has 5 N–H and O–H groups in total. The first-order valence-corrected chi connectivity index (χ1v) is 20.0. The second-order valence-electron chi connectivity index (χ2n) is 14.4. The van der Waals surface area contributed by atoms with Crippen molar-refractivity contribution < 1.29 is 28.3 Å². The number of halogens is 3. The van der Waals surface area contributed by atoms with Crippen LogP contribution in [0.5, 0.6) is 0 Å². The number of piperazine rings is 1. The van der Waals surface area contributed by atoms with E-state index in [0.717, 1.165) is 55.7 Å². The quantitative estimate of drug-likeness (QED) is 0.0781. The number of imidazole rings is 1. The van der Waals surface area contributed by atoms with Crippen LogP contribution in [-0.2, 0) is 11.9 Å². The average Bonchev–Trinajstić information content (AvgIpc) is 3.99. The van der Waals surface area contributed by atoms with Crippen LogP contribution in [0.2, 0.25) is 0 Å². The molecule has 1 saturated heterocycles. The Morgan fingerprint density at radius 2 is 1.80 bits per heavy atom. The van der Waals surface area contributed by atoms with Crippen LogP contribution in [0.1, 0.15) is 52.6 Å². The van der Waals surface area contributed by atoms with Gasteiger partial charge in [-0.1, -0.05) is 28.8 Å². The highest BCUT2D eigenvalue weighted by molar-refractivity contribution is 9.10. The lowest BCUT2D eigenvalue weighted by Gasteiger charge is -2.29. The number of aryl methyl sites for hydroxylation is 1. The van der Waals surface area contributed by atoms with E-state index in [0.29, 0.717) is 33.5 Å². The second kappa shape index (κ2) is 18.4. The molecule has 2 aromatic carbocycles. The van der Waals surface area contributed by atoms with Crippen LogP contribution in [0.15, 0.2) is 65.7 Å². The van der Waals surface area contributed by atoms with Gasteiger partial charge in [-0.3, -0.25) is 14.4 Å². The van der Waals surface area contributed by atoms with Gasteiger partial charge in [0, 0.05) is 69.4 Å². The van der Waals surface area contributed by atoms with Gasteiger partial charge in [-0.25, -0.2) is 29.2 Å². The van der Waals surface area contributed by atoms with Crippen molar-refractivity contribution in [3.8, 4) is 0 Å². The van der Waals surface area contributed by atoms with Gasteiger partial charge >= 0.3 is 0 Å². The number of rotatable bonds is 11. The van der Waals surface area contributed by atoms with Gasteiger partial charge in [-0.15, -0.1) is 0 Å². The number of aliphatic hydroxyl groups excluding tert-OH is 1. The normalized spacial score (nSPS) is 14.3. The van der Waals surface area contributed by atoms with E-state index in [4.69, 9.17) is 14.9 Å². The fraction of sp³-hybridized carbons (Fsp3) is 0.350. The molecule has 1 aliphatic heterocycles. The van der Waals surface area contributed by atoms with Crippen LogP contribution in [0, 0.1) is 11.6 Å². The Morgan fingerprint density at radius 3 is 2.49 bits per heavy atom. The fourth-order valence-corrected chi connectivity index (χ4v) is 7.48. The van der Waals surface area contributed by atoms with Gasteiger partial charge in [-0.05, 0) is 55.3 Å². The Morgan fingerprint density at radius 1 is 1.02 bits per heavy atom. The number of carbonyl (C=O) groups is 2. The van der Waals surface area contributed by atoms with Gasteiger partial charge in [0.15, 0.2) is 5.82 Å². The number of aromatic nitrogens is 6. The number of fused-ring (bicyclic) bond motifs is 2. The summed E-state index contributed by atoms with van der Waals surface area (Å²) in [5.74, 6) is -1.01. The highest BCUT2D eigenvalue weighted by Gasteiger charge is 2.27. The Bertz CT molecular complexity index is 2450. The summed E-state index contributed by atoms with van der Waals surface area (Å²) in [7, 11) is 5.22. The van der Waals surface area contributed by atoms with Gasteiger partial charge in [0.25, 0.3) is 11.8 Å². The first kappa shape index (κ1) is 41.4. The standard InChI is InChI=1S/C23H30N8O.C17H15BrF2N4O3/c1-29(2)22(32)19-13-16-14-26-23(28-21(16)31(19)17-5-3-4-6-17)27-20-8-7-18(15-25-20)30-11-9-24-10-12-30;1-24-8-21-16-13(24)7-10(17(26)23-27-5-4-25)15(14(16)20)22-12-3-2-9(18)6-11(12)19/h7-8,13-15,17,24H,3-6,9-12H2,1-2H3,(H,25,26,27,28);2-3,6-8,22,25H,4-5H2,1H3,(H,23,26). The summed E-state index contributed by atoms with van der Waals surface area (Å²) in [6.07, 6.45) is 9.58.